The summed E-state index contributed by atoms with van der Waals surface area (Å²) in [5.74, 6) is 0.633. The summed E-state index contributed by atoms with van der Waals surface area (Å²) < 4.78 is 0. The number of aromatic nitrogens is 1. The second-order valence-electron chi connectivity index (χ2n) is 8.88. The first-order chi connectivity index (χ1) is 16.1. The van der Waals surface area contributed by atoms with Crippen molar-refractivity contribution in [3.8, 4) is 5.88 Å². The fourth-order valence-corrected chi connectivity index (χ4v) is 5.09. The molecule has 33 heavy (non-hydrogen) atoms. The van der Waals surface area contributed by atoms with Gasteiger partial charge in [0.15, 0.2) is 5.88 Å². The topological polar surface area (TPSA) is 74.4 Å². The lowest BCUT2D eigenvalue weighted by molar-refractivity contribution is 0.308. The first kappa shape index (κ1) is 21.7. The van der Waals surface area contributed by atoms with Gasteiger partial charge in [-0.25, -0.2) is 4.99 Å². The zero-order chi connectivity index (χ0) is 22.8. The number of aliphatic imine (C=N–C) groups is 1. The summed E-state index contributed by atoms with van der Waals surface area (Å²) in [5, 5.41) is 12.3. The molecular formula is C28H28ClN3O. The third-order valence-corrected chi connectivity index (χ3v) is 6.94. The molecule has 0 saturated heterocycles. The maximum Gasteiger partial charge on any atom is 0.199 e. The number of hydrogen-bond donors (Lipinski definition) is 3. The molecule has 0 amide bonds. The van der Waals surface area contributed by atoms with E-state index in [1.807, 2.05) is 60.7 Å². The minimum Gasteiger partial charge on any atom is -0.494 e. The molecule has 5 rings (SSSR count). The zero-order valence-electron chi connectivity index (χ0n) is 18.5. The Morgan fingerprint density at radius 1 is 0.970 bits per heavy atom. The fraction of sp³-hybridized carbons (Fsp3) is 0.250. The molecule has 0 radical (unpaired) electrons. The highest BCUT2D eigenvalue weighted by molar-refractivity contribution is 6.31. The van der Waals surface area contributed by atoms with Gasteiger partial charge in [-0.15, -0.1) is 0 Å². The van der Waals surface area contributed by atoms with E-state index in [1.165, 1.54) is 32.1 Å². The number of nitrogens with zero attached hydrogens (tertiary/aromatic N) is 1. The first-order valence-electron chi connectivity index (χ1n) is 11.6. The van der Waals surface area contributed by atoms with E-state index in [-0.39, 0.29) is 11.9 Å². The molecule has 4 nitrogen and oxygen atoms in total. The molecular weight excluding hydrogens is 430 g/mol. The second-order valence-corrected chi connectivity index (χ2v) is 9.32. The van der Waals surface area contributed by atoms with Crippen LogP contribution in [0.1, 0.15) is 54.8 Å². The molecule has 1 saturated carbocycles. The van der Waals surface area contributed by atoms with Crippen LogP contribution in [0, 0.1) is 5.92 Å². The molecule has 0 bridgehead atoms. The molecule has 1 aromatic heterocycles. The van der Waals surface area contributed by atoms with Gasteiger partial charge in [-0.2, -0.15) is 0 Å². The minimum absolute atomic E-state index is 0.0688. The van der Waals surface area contributed by atoms with Gasteiger partial charge in [0.1, 0.15) is 0 Å². The molecule has 5 heteroatoms. The third kappa shape index (κ3) is 4.54. The van der Waals surface area contributed by atoms with Gasteiger partial charge in [-0.3, -0.25) is 0 Å². The minimum atomic E-state index is 0.0688. The first-order valence-corrected chi connectivity index (χ1v) is 12.0. The Kier molecular flexibility index (Phi) is 6.21. The van der Waals surface area contributed by atoms with Crippen LogP contribution in [0.4, 0.5) is 5.69 Å². The average molecular weight is 458 g/mol. The van der Waals surface area contributed by atoms with Crippen LogP contribution in [-0.2, 0) is 0 Å². The molecule has 1 fully saturated rings. The van der Waals surface area contributed by atoms with Crippen molar-refractivity contribution in [2.75, 3.05) is 0 Å². The van der Waals surface area contributed by atoms with Crippen molar-refractivity contribution in [2.45, 2.75) is 38.1 Å². The maximum absolute atomic E-state index is 10.8. The lowest BCUT2D eigenvalue weighted by Crippen LogP contribution is -2.23. The van der Waals surface area contributed by atoms with E-state index in [0.717, 1.165) is 27.7 Å². The molecule has 0 spiro atoms. The van der Waals surface area contributed by atoms with Crippen molar-refractivity contribution in [1.29, 1.82) is 0 Å². The zero-order valence-corrected chi connectivity index (χ0v) is 19.2. The lowest BCUT2D eigenvalue weighted by Gasteiger charge is -2.27. The number of fused-ring (bicyclic) bond motifs is 1. The van der Waals surface area contributed by atoms with E-state index >= 15 is 0 Å². The Bertz CT molecular complexity index is 1270. The van der Waals surface area contributed by atoms with E-state index in [2.05, 4.69) is 17.1 Å². The molecule has 1 aliphatic carbocycles. The summed E-state index contributed by atoms with van der Waals surface area (Å²) in [6, 6.07) is 23.7. The summed E-state index contributed by atoms with van der Waals surface area (Å²) in [6.07, 6.45) is 6.30. The Balaban J connectivity index is 1.55. The molecule has 1 heterocycles. The van der Waals surface area contributed by atoms with Gasteiger partial charge in [-0.1, -0.05) is 79.4 Å². The average Bonchev–Trinajstić information content (AvgIpc) is 3.18. The second kappa shape index (κ2) is 9.42. The van der Waals surface area contributed by atoms with Crippen LogP contribution in [-0.4, -0.2) is 15.8 Å². The number of aromatic hydroxyl groups is 1. The van der Waals surface area contributed by atoms with Gasteiger partial charge in [0.05, 0.1) is 22.5 Å². The highest BCUT2D eigenvalue weighted by Gasteiger charge is 2.22. The Morgan fingerprint density at radius 3 is 2.42 bits per heavy atom. The van der Waals surface area contributed by atoms with Crippen molar-refractivity contribution in [1.82, 2.24) is 4.98 Å². The Labute approximate surface area is 199 Å². The van der Waals surface area contributed by atoms with E-state index < -0.39 is 0 Å². The van der Waals surface area contributed by atoms with Crippen molar-refractivity contribution in [3.63, 3.8) is 0 Å². The fourth-order valence-electron chi connectivity index (χ4n) is 4.92. The monoisotopic (exact) mass is 457 g/mol. The third-order valence-electron chi connectivity index (χ3n) is 6.70. The van der Waals surface area contributed by atoms with Crippen LogP contribution < -0.4 is 5.73 Å². The molecule has 1 unspecified atom stereocenters. The van der Waals surface area contributed by atoms with Crippen molar-refractivity contribution in [3.05, 3.63) is 94.5 Å². The van der Waals surface area contributed by atoms with E-state index in [0.29, 0.717) is 22.2 Å². The number of rotatable bonds is 5. The van der Waals surface area contributed by atoms with Crippen molar-refractivity contribution in [2.24, 2.45) is 16.6 Å². The molecule has 4 N–H and O–H groups in total. The number of nitrogens with two attached hydrogens (primary N) is 1. The molecule has 4 aromatic rings. The van der Waals surface area contributed by atoms with Crippen molar-refractivity contribution < 1.29 is 5.11 Å². The number of nitrogens with one attached hydrogen (secondary N) is 1. The van der Waals surface area contributed by atoms with Gasteiger partial charge in [0.25, 0.3) is 0 Å². The number of H-pyrrole nitrogens is 1. The SMILES string of the molecule is NC(c1ccc(N=C(c2ccccc2)c2c(O)[nH]c3cc(Cl)ccc23)cc1)C1CCCCC1. The molecule has 3 aromatic carbocycles. The molecule has 1 aliphatic rings. The standard InChI is InChI=1S/C28H28ClN3O/c29-21-13-16-23-24(17-21)32-28(33)25(23)27(20-9-5-2-6-10-20)31-22-14-11-19(12-15-22)26(30)18-7-3-1-4-8-18/h2,5-6,9-18,26,32-33H,1,3-4,7-8,30H2. The number of aromatic amines is 1. The van der Waals surface area contributed by atoms with Gasteiger partial charge < -0.3 is 15.8 Å². The van der Waals surface area contributed by atoms with E-state index in [4.69, 9.17) is 22.3 Å². The van der Waals surface area contributed by atoms with Gasteiger partial charge in [0.2, 0.25) is 0 Å². The Morgan fingerprint density at radius 2 is 1.70 bits per heavy atom. The van der Waals surface area contributed by atoms with Gasteiger partial charge in [0, 0.05) is 22.0 Å². The normalized spacial score (nSPS) is 16.2. The quantitative estimate of drug-likeness (QED) is 0.275. The van der Waals surface area contributed by atoms with E-state index in [9.17, 15) is 5.11 Å². The van der Waals surface area contributed by atoms with Crippen LogP contribution in [0.25, 0.3) is 10.9 Å². The number of hydrogen-bond acceptors (Lipinski definition) is 3. The number of benzene rings is 3. The van der Waals surface area contributed by atoms with Crippen LogP contribution in [0.3, 0.4) is 0 Å². The highest BCUT2D eigenvalue weighted by atomic mass is 35.5. The van der Waals surface area contributed by atoms with Crippen molar-refractivity contribution >= 4 is 33.9 Å². The summed E-state index contributed by atoms with van der Waals surface area (Å²) >= 11 is 6.16. The smallest absolute Gasteiger partial charge is 0.199 e. The van der Waals surface area contributed by atoms with E-state index in [1.54, 1.807) is 0 Å². The maximum atomic E-state index is 10.8. The van der Waals surface area contributed by atoms with Crippen LogP contribution in [0.15, 0.2) is 77.8 Å². The van der Waals surface area contributed by atoms with Gasteiger partial charge >= 0.3 is 0 Å². The molecule has 0 aliphatic heterocycles. The van der Waals surface area contributed by atoms with Crippen LogP contribution in [0.2, 0.25) is 5.02 Å². The summed E-state index contributed by atoms with van der Waals surface area (Å²) in [5.41, 5.74) is 11.6. The lowest BCUT2D eigenvalue weighted by atomic mass is 9.81. The van der Waals surface area contributed by atoms with Crippen LogP contribution >= 0.6 is 11.6 Å². The summed E-state index contributed by atoms with van der Waals surface area (Å²) in [7, 11) is 0. The molecule has 1 atom stereocenters. The summed E-state index contributed by atoms with van der Waals surface area (Å²) in [6.45, 7) is 0. The number of halogens is 1. The van der Waals surface area contributed by atoms with Crippen LogP contribution in [0.5, 0.6) is 5.88 Å². The predicted octanol–water partition coefficient (Wildman–Crippen LogP) is 7.28. The highest BCUT2D eigenvalue weighted by Crippen LogP contribution is 2.35. The predicted molar refractivity (Wildman–Crippen MR) is 137 cm³/mol. The van der Waals surface area contributed by atoms with Gasteiger partial charge in [-0.05, 0) is 48.6 Å². The Hall–Kier alpha value is -3.08. The summed E-state index contributed by atoms with van der Waals surface area (Å²) in [4.78, 5) is 8.02. The molecule has 168 valence electrons. The largest absolute Gasteiger partial charge is 0.494 e.